The van der Waals surface area contributed by atoms with Crippen LogP contribution in [0, 0.1) is 5.92 Å². The molecular weight excluding hydrogens is 208 g/mol. The Balaban J connectivity index is 2.05. The van der Waals surface area contributed by atoms with Crippen molar-refractivity contribution in [2.45, 2.75) is 65.3 Å². The fraction of sp³-hybridized carbons (Fsp3) is 1.00. The zero-order valence-corrected chi connectivity index (χ0v) is 12.2. The molecule has 1 aliphatic rings. The maximum absolute atomic E-state index is 3.57. The van der Waals surface area contributed by atoms with Crippen molar-refractivity contribution < 1.29 is 0 Å². The smallest absolute Gasteiger partial charge is 0.00508 e. The Morgan fingerprint density at radius 1 is 1.18 bits per heavy atom. The molecule has 1 heterocycles. The van der Waals surface area contributed by atoms with Crippen molar-refractivity contribution in [3.8, 4) is 0 Å². The van der Waals surface area contributed by atoms with Crippen LogP contribution in [0.2, 0.25) is 0 Å². The zero-order valence-electron chi connectivity index (χ0n) is 12.2. The van der Waals surface area contributed by atoms with Crippen LogP contribution in [0.15, 0.2) is 0 Å². The molecule has 0 spiro atoms. The molecule has 2 heteroatoms. The summed E-state index contributed by atoms with van der Waals surface area (Å²) in [5, 5.41) is 3.57. The van der Waals surface area contributed by atoms with Crippen LogP contribution in [0.3, 0.4) is 0 Å². The summed E-state index contributed by atoms with van der Waals surface area (Å²) in [5.41, 5.74) is 0. The van der Waals surface area contributed by atoms with Gasteiger partial charge in [0.15, 0.2) is 0 Å². The fourth-order valence-corrected chi connectivity index (χ4v) is 2.78. The van der Waals surface area contributed by atoms with E-state index in [4.69, 9.17) is 0 Å². The highest BCUT2D eigenvalue weighted by atomic mass is 15.1. The third-order valence-electron chi connectivity index (χ3n) is 4.03. The van der Waals surface area contributed by atoms with Gasteiger partial charge in [-0.1, -0.05) is 26.7 Å². The molecule has 0 saturated carbocycles. The van der Waals surface area contributed by atoms with Gasteiger partial charge in [0.05, 0.1) is 0 Å². The van der Waals surface area contributed by atoms with Gasteiger partial charge in [-0.15, -0.1) is 0 Å². The van der Waals surface area contributed by atoms with Crippen molar-refractivity contribution in [2.75, 3.05) is 26.2 Å². The first-order valence-electron chi connectivity index (χ1n) is 7.72. The first-order valence-corrected chi connectivity index (χ1v) is 7.72. The van der Waals surface area contributed by atoms with Gasteiger partial charge in [0, 0.05) is 6.04 Å². The standard InChI is InChI=1S/C15H32N2/c1-4-6-15-8-12-17(13-9-15)11-7-14(3)16-10-5-2/h14-16H,4-13H2,1-3H3. The molecule has 0 aromatic rings. The van der Waals surface area contributed by atoms with Crippen LogP contribution in [0.25, 0.3) is 0 Å². The Hall–Kier alpha value is -0.0800. The molecule has 0 aromatic heterocycles. The zero-order chi connectivity index (χ0) is 12.5. The largest absolute Gasteiger partial charge is 0.314 e. The summed E-state index contributed by atoms with van der Waals surface area (Å²) >= 11 is 0. The van der Waals surface area contributed by atoms with Crippen LogP contribution in [-0.4, -0.2) is 37.1 Å². The summed E-state index contributed by atoms with van der Waals surface area (Å²) in [4.78, 5) is 2.66. The lowest BCUT2D eigenvalue weighted by molar-refractivity contribution is 0.172. The summed E-state index contributed by atoms with van der Waals surface area (Å²) in [7, 11) is 0. The second-order valence-corrected chi connectivity index (χ2v) is 5.72. The van der Waals surface area contributed by atoms with Crippen molar-refractivity contribution in [3.05, 3.63) is 0 Å². The molecule has 0 aromatic carbocycles. The summed E-state index contributed by atoms with van der Waals surface area (Å²) < 4.78 is 0. The van der Waals surface area contributed by atoms with Crippen LogP contribution >= 0.6 is 0 Å². The van der Waals surface area contributed by atoms with Gasteiger partial charge in [-0.25, -0.2) is 0 Å². The number of piperidine rings is 1. The molecule has 102 valence electrons. The Kier molecular flexibility index (Phi) is 7.87. The minimum Gasteiger partial charge on any atom is -0.314 e. The first kappa shape index (κ1) is 15.0. The molecule has 0 radical (unpaired) electrons. The lowest BCUT2D eigenvalue weighted by Gasteiger charge is -2.32. The van der Waals surface area contributed by atoms with Gasteiger partial charge >= 0.3 is 0 Å². The predicted octanol–water partition coefficient (Wildman–Crippen LogP) is 3.28. The highest BCUT2D eigenvalue weighted by Gasteiger charge is 2.18. The Morgan fingerprint density at radius 3 is 2.47 bits per heavy atom. The van der Waals surface area contributed by atoms with Gasteiger partial charge in [-0.3, -0.25) is 0 Å². The minimum atomic E-state index is 0.684. The van der Waals surface area contributed by atoms with Crippen LogP contribution in [0.1, 0.15) is 59.3 Å². The van der Waals surface area contributed by atoms with Crippen molar-refractivity contribution in [1.29, 1.82) is 0 Å². The summed E-state index contributed by atoms with van der Waals surface area (Å²) in [6.07, 6.45) is 8.23. The molecule has 1 fully saturated rings. The topological polar surface area (TPSA) is 15.3 Å². The monoisotopic (exact) mass is 240 g/mol. The van der Waals surface area contributed by atoms with E-state index in [1.165, 1.54) is 64.7 Å². The maximum atomic E-state index is 3.57. The van der Waals surface area contributed by atoms with Gasteiger partial charge in [-0.2, -0.15) is 0 Å². The lowest BCUT2D eigenvalue weighted by atomic mass is 9.92. The molecule has 1 N–H and O–H groups in total. The average molecular weight is 240 g/mol. The van der Waals surface area contributed by atoms with Crippen molar-refractivity contribution >= 4 is 0 Å². The number of nitrogens with one attached hydrogen (secondary N) is 1. The number of hydrogen-bond acceptors (Lipinski definition) is 2. The van der Waals surface area contributed by atoms with Crippen LogP contribution < -0.4 is 5.32 Å². The molecule has 1 atom stereocenters. The molecule has 1 unspecified atom stereocenters. The van der Waals surface area contributed by atoms with Gasteiger partial charge in [0.25, 0.3) is 0 Å². The second-order valence-electron chi connectivity index (χ2n) is 5.72. The van der Waals surface area contributed by atoms with Gasteiger partial charge in [0.2, 0.25) is 0 Å². The van der Waals surface area contributed by atoms with Crippen LogP contribution in [-0.2, 0) is 0 Å². The van der Waals surface area contributed by atoms with E-state index in [-0.39, 0.29) is 0 Å². The summed E-state index contributed by atoms with van der Waals surface area (Å²) in [5.74, 6) is 1.02. The minimum absolute atomic E-state index is 0.684. The Bertz CT molecular complexity index is 174. The molecule has 1 saturated heterocycles. The van der Waals surface area contributed by atoms with E-state index >= 15 is 0 Å². The predicted molar refractivity (Wildman–Crippen MR) is 76.4 cm³/mol. The highest BCUT2D eigenvalue weighted by molar-refractivity contribution is 4.73. The Labute approximate surface area is 108 Å². The van der Waals surface area contributed by atoms with E-state index in [0.29, 0.717) is 6.04 Å². The molecule has 0 aliphatic carbocycles. The first-order chi connectivity index (χ1) is 8.26. The number of likely N-dealkylation sites (tertiary alicyclic amines) is 1. The van der Waals surface area contributed by atoms with E-state index in [2.05, 4.69) is 31.0 Å². The Morgan fingerprint density at radius 2 is 1.88 bits per heavy atom. The lowest BCUT2D eigenvalue weighted by Crippen LogP contribution is -2.37. The van der Waals surface area contributed by atoms with E-state index < -0.39 is 0 Å². The van der Waals surface area contributed by atoms with E-state index in [1.807, 2.05) is 0 Å². The second kappa shape index (κ2) is 8.93. The molecule has 2 nitrogen and oxygen atoms in total. The normalized spacial score (nSPS) is 20.6. The fourth-order valence-electron chi connectivity index (χ4n) is 2.78. The van der Waals surface area contributed by atoms with Crippen molar-refractivity contribution in [1.82, 2.24) is 10.2 Å². The van der Waals surface area contributed by atoms with Crippen LogP contribution in [0.4, 0.5) is 0 Å². The van der Waals surface area contributed by atoms with Crippen LogP contribution in [0.5, 0.6) is 0 Å². The SMILES string of the molecule is CCCNC(C)CCN1CCC(CCC)CC1. The summed E-state index contributed by atoms with van der Waals surface area (Å²) in [6, 6.07) is 0.684. The third kappa shape index (κ3) is 6.42. The van der Waals surface area contributed by atoms with Crippen molar-refractivity contribution in [3.63, 3.8) is 0 Å². The molecule has 1 rings (SSSR count). The van der Waals surface area contributed by atoms with E-state index in [1.54, 1.807) is 0 Å². The number of nitrogens with zero attached hydrogens (tertiary/aromatic N) is 1. The van der Waals surface area contributed by atoms with Gasteiger partial charge in [0.1, 0.15) is 0 Å². The molecule has 17 heavy (non-hydrogen) atoms. The third-order valence-corrected chi connectivity index (χ3v) is 4.03. The van der Waals surface area contributed by atoms with E-state index in [0.717, 1.165) is 5.92 Å². The number of hydrogen-bond donors (Lipinski definition) is 1. The van der Waals surface area contributed by atoms with Gasteiger partial charge in [-0.05, 0) is 64.7 Å². The molecule has 0 amide bonds. The number of rotatable bonds is 8. The summed E-state index contributed by atoms with van der Waals surface area (Å²) in [6.45, 7) is 12.0. The average Bonchev–Trinajstić information content (AvgIpc) is 2.36. The molecular formula is C15H32N2. The quantitative estimate of drug-likeness (QED) is 0.700. The molecule has 0 bridgehead atoms. The molecule has 1 aliphatic heterocycles. The van der Waals surface area contributed by atoms with E-state index in [9.17, 15) is 0 Å². The van der Waals surface area contributed by atoms with Gasteiger partial charge < -0.3 is 10.2 Å². The highest BCUT2D eigenvalue weighted by Crippen LogP contribution is 2.21. The maximum Gasteiger partial charge on any atom is 0.00508 e. The van der Waals surface area contributed by atoms with Crippen molar-refractivity contribution in [2.24, 2.45) is 5.92 Å².